The lowest BCUT2D eigenvalue weighted by atomic mass is 10.1. The van der Waals surface area contributed by atoms with Crippen molar-refractivity contribution in [3.63, 3.8) is 0 Å². The van der Waals surface area contributed by atoms with Gasteiger partial charge in [-0.2, -0.15) is 13.2 Å². The number of carbonyl (C=O) groups is 3. The second-order valence-corrected chi connectivity index (χ2v) is 6.60. The predicted octanol–water partition coefficient (Wildman–Crippen LogP) is 1.55. The van der Waals surface area contributed by atoms with Crippen molar-refractivity contribution in [2.24, 2.45) is 11.5 Å². The van der Waals surface area contributed by atoms with Crippen LogP contribution >= 0.6 is 11.3 Å². The molecule has 11 heteroatoms. The minimum atomic E-state index is -4.46. The number of aryl methyl sites for hydroxylation is 1. The van der Waals surface area contributed by atoms with Gasteiger partial charge >= 0.3 is 6.18 Å². The van der Waals surface area contributed by atoms with E-state index in [-0.39, 0.29) is 4.88 Å². The first-order chi connectivity index (χ1) is 12.5. The van der Waals surface area contributed by atoms with Crippen molar-refractivity contribution < 1.29 is 27.6 Å². The average Bonchev–Trinajstić information content (AvgIpc) is 2.94. The first-order valence-corrected chi connectivity index (χ1v) is 8.31. The fourth-order valence-corrected chi connectivity index (χ4v) is 3.28. The maximum absolute atomic E-state index is 12.7. The number of hydrogen-bond acceptors (Lipinski definition) is 5. The van der Waals surface area contributed by atoms with E-state index in [2.05, 4.69) is 4.98 Å². The molecular formula is C16H15F3N4O3S. The van der Waals surface area contributed by atoms with E-state index in [4.69, 9.17) is 11.5 Å². The standard InChI is InChI=1S/C16H15F3N4O3S/c1-8-13(15(26)23(6-11(20)24)7-12(21)25)27-14(22-8)9-2-4-10(5-3-9)16(17,18)19/h2-5H,6-7H2,1H3,(H2,20,24)(H2,21,25). The van der Waals surface area contributed by atoms with Crippen molar-refractivity contribution in [1.29, 1.82) is 0 Å². The van der Waals surface area contributed by atoms with E-state index < -0.39 is 42.6 Å². The Bertz CT molecular complexity index is 862. The molecule has 0 spiro atoms. The van der Waals surface area contributed by atoms with Crippen LogP contribution in [0.2, 0.25) is 0 Å². The van der Waals surface area contributed by atoms with E-state index in [0.29, 0.717) is 16.3 Å². The molecule has 0 aliphatic heterocycles. The molecular weight excluding hydrogens is 385 g/mol. The maximum Gasteiger partial charge on any atom is 0.416 e. The van der Waals surface area contributed by atoms with Gasteiger partial charge in [-0.15, -0.1) is 11.3 Å². The van der Waals surface area contributed by atoms with Gasteiger partial charge in [0.1, 0.15) is 23.0 Å². The van der Waals surface area contributed by atoms with Crippen molar-refractivity contribution in [2.75, 3.05) is 13.1 Å². The summed E-state index contributed by atoms with van der Waals surface area (Å²) in [6.07, 6.45) is -4.46. The highest BCUT2D eigenvalue weighted by molar-refractivity contribution is 7.17. The van der Waals surface area contributed by atoms with E-state index >= 15 is 0 Å². The van der Waals surface area contributed by atoms with Gasteiger partial charge in [-0.05, 0) is 19.1 Å². The summed E-state index contributed by atoms with van der Waals surface area (Å²) in [4.78, 5) is 40.1. The fraction of sp³-hybridized carbons (Fsp3) is 0.250. The lowest BCUT2D eigenvalue weighted by Crippen LogP contribution is -2.43. The molecule has 1 aromatic carbocycles. The van der Waals surface area contributed by atoms with Crippen LogP contribution < -0.4 is 11.5 Å². The summed E-state index contributed by atoms with van der Waals surface area (Å²) in [7, 11) is 0. The Morgan fingerprint density at radius 3 is 2.04 bits per heavy atom. The molecule has 0 saturated heterocycles. The van der Waals surface area contributed by atoms with Gasteiger partial charge in [-0.3, -0.25) is 14.4 Å². The first-order valence-electron chi connectivity index (χ1n) is 7.50. The summed E-state index contributed by atoms with van der Waals surface area (Å²) >= 11 is 0.929. The summed E-state index contributed by atoms with van der Waals surface area (Å²) in [5.41, 5.74) is 10.1. The smallest absolute Gasteiger partial charge is 0.368 e. The highest BCUT2D eigenvalue weighted by Gasteiger charge is 2.30. The molecule has 144 valence electrons. The van der Waals surface area contributed by atoms with Crippen molar-refractivity contribution in [2.45, 2.75) is 13.1 Å². The minimum Gasteiger partial charge on any atom is -0.368 e. The molecule has 2 aromatic rings. The average molecular weight is 400 g/mol. The van der Waals surface area contributed by atoms with Gasteiger partial charge in [0.05, 0.1) is 11.3 Å². The predicted molar refractivity (Wildman–Crippen MR) is 91.6 cm³/mol. The summed E-state index contributed by atoms with van der Waals surface area (Å²) in [6.45, 7) is 0.521. The SMILES string of the molecule is Cc1nc(-c2ccc(C(F)(F)F)cc2)sc1C(=O)N(CC(N)=O)CC(N)=O. The zero-order valence-corrected chi connectivity index (χ0v) is 14.9. The van der Waals surface area contributed by atoms with Gasteiger partial charge in [-0.1, -0.05) is 12.1 Å². The summed E-state index contributed by atoms with van der Waals surface area (Å²) in [6, 6.07) is 4.33. The number of thiazole rings is 1. The van der Waals surface area contributed by atoms with Crippen LogP contribution in [0.3, 0.4) is 0 Å². The first kappa shape index (κ1) is 20.4. The molecule has 0 aliphatic carbocycles. The number of rotatable bonds is 6. The molecule has 0 saturated carbocycles. The highest BCUT2D eigenvalue weighted by atomic mass is 32.1. The van der Waals surface area contributed by atoms with Gasteiger partial charge in [-0.25, -0.2) is 4.98 Å². The monoisotopic (exact) mass is 400 g/mol. The van der Waals surface area contributed by atoms with Gasteiger partial charge < -0.3 is 16.4 Å². The number of primary amides is 2. The topological polar surface area (TPSA) is 119 Å². The summed E-state index contributed by atoms with van der Waals surface area (Å²) < 4.78 is 38.0. The van der Waals surface area contributed by atoms with Crippen molar-refractivity contribution >= 4 is 29.1 Å². The normalized spacial score (nSPS) is 11.3. The third-order valence-electron chi connectivity index (χ3n) is 3.43. The third kappa shape index (κ3) is 5.03. The molecule has 2 rings (SSSR count). The molecule has 0 fully saturated rings. The van der Waals surface area contributed by atoms with Crippen LogP contribution in [0, 0.1) is 6.92 Å². The second kappa shape index (κ2) is 7.74. The van der Waals surface area contributed by atoms with Crippen LogP contribution in [-0.4, -0.2) is 40.7 Å². The number of alkyl halides is 3. The van der Waals surface area contributed by atoms with Gasteiger partial charge in [0.15, 0.2) is 0 Å². The van der Waals surface area contributed by atoms with Gasteiger partial charge in [0, 0.05) is 5.56 Å². The maximum atomic E-state index is 12.7. The van der Waals surface area contributed by atoms with Crippen LogP contribution in [0.15, 0.2) is 24.3 Å². The van der Waals surface area contributed by atoms with Crippen molar-refractivity contribution in [1.82, 2.24) is 9.88 Å². The van der Waals surface area contributed by atoms with Crippen LogP contribution in [0.5, 0.6) is 0 Å². The molecule has 4 N–H and O–H groups in total. The lowest BCUT2D eigenvalue weighted by Gasteiger charge is -2.18. The molecule has 0 unspecified atom stereocenters. The van der Waals surface area contributed by atoms with E-state index in [0.717, 1.165) is 28.4 Å². The van der Waals surface area contributed by atoms with Crippen molar-refractivity contribution in [3.8, 4) is 10.6 Å². The minimum absolute atomic E-state index is 0.132. The highest BCUT2D eigenvalue weighted by Crippen LogP contribution is 2.33. The molecule has 1 heterocycles. The Balaban J connectivity index is 2.32. The van der Waals surface area contributed by atoms with Crippen molar-refractivity contribution in [3.05, 3.63) is 40.4 Å². The Hall–Kier alpha value is -2.95. The summed E-state index contributed by atoms with van der Waals surface area (Å²) in [5, 5.41) is 0.322. The van der Waals surface area contributed by atoms with Crippen LogP contribution in [0.1, 0.15) is 20.9 Å². The number of carbonyl (C=O) groups excluding carboxylic acids is 3. The van der Waals surface area contributed by atoms with Crippen LogP contribution in [-0.2, 0) is 15.8 Å². The summed E-state index contributed by atoms with van der Waals surface area (Å²) in [5.74, 6) is -2.31. The number of nitrogens with zero attached hydrogens (tertiary/aromatic N) is 2. The molecule has 0 bridgehead atoms. The van der Waals surface area contributed by atoms with Crippen LogP contribution in [0.25, 0.3) is 10.6 Å². The number of benzene rings is 1. The van der Waals surface area contributed by atoms with E-state index in [1.165, 1.54) is 19.1 Å². The van der Waals surface area contributed by atoms with E-state index in [9.17, 15) is 27.6 Å². The number of amides is 3. The molecule has 0 atom stereocenters. The lowest BCUT2D eigenvalue weighted by molar-refractivity contribution is -0.137. The van der Waals surface area contributed by atoms with E-state index in [1.54, 1.807) is 0 Å². The Morgan fingerprint density at radius 1 is 1.07 bits per heavy atom. The number of aromatic nitrogens is 1. The van der Waals surface area contributed by atoms with Gasteiger partial charge in [0.2, 0.25) is 11.8 Å². The molecule has 0 radical (unpaired) electrons. The molecule has 27 heavy (non-hydrogen) atoms. The Morgan fingerprint density at radius 2 is 1.59 bits per heavy atom. The zero-order valence-electron chi connectivity index (χ0n) is 14.0. The molecule has 1 aromatic heterocycles. The molecule has 3 amide bonds. The van der Waals surface area contributed by atoms with Crippen LogP contribution in [0.4, 0.5) is 13.2 Å². The zero-order chi connectivity index (χ0) is 20.4. The fourth-order valence-electron chi connectivity index (χ4n) is 2.24. The Labute approximate surface area is 155 Å². The second-order valence-electron chi connectivity index (χ2n) is 5.60. The quantitative estimate of drug-likeness (QED) is 0.764. The third-order valence-corrected chi connectivity index (χ3v) is 4.63. The number of nitrogens with two attached hydrogens (primary N) is 2. The van der Waals surface area contributed by atoms with E-state index in [1.807, 2.05) is 0 Å². The molecule has 0 aliphatic rings. The largest absolute Gasteiger partial charge is 0.416 e. The number of halogens is 3. The van der Waals surface area contributed by atoms with Gasteiger partial charge in [0.25, 0.3) is 5.91 Å². The Kier molecular flexibility index (Phi) is 5.84. The molecule has 7 nitrogen and oxygen atoms in total. The number of hydrogen-bond donors (Lipinski definition) is 2.